The number of piperidine rings is 1. The number of hydrogen-bond acceptors (Lipinski definition) is 8. The van der Waals surface area contributed by atoms with Gasteiger partial charge in [0.2, 0.25) is 6.79 Å². The van der Waals surface area contributed by atoms with Crippen LogP contribution >= 0.6 is 11.3 Å². The van der Waals surface area contributed by atoms with E-state index in [9.17, 15) is 9.59 Å². The van der Waals surface area contributed by atoms with Crippen LogP contribution in [0.25, 0.3) is 11.8 Å². The van der Waals surface area contributed by atoms with Crippen LogP contribution in [0, 0.1) is 0 Å². The monoisotopic (exact) mass is 593 g/mol. The Morgan fingerprint density at radius 3 is 2.53 bits per heavy atom. The van der Waals surface area contributed by atoms with Gasteiger partial charge in [-0.2, -0.15) is 0 Å². The van der Waals surface area contributed by atoms with Gasteiger partial charge in [0.1, 0.15) is 0 Å². The predicted octanol–water partition coefficient (Wildman–Crippen LogP) is 4.65. The number of thiazole rings is 1. The smallest absolute Gasteiger partial charge is 0.338 e. The van der Waals surface area contributed by atoms with Crippen molar-refractivity contribution in [3.63, 3.8) is 0 Å². The molecular weight excluding hydrogens is 562 g/mol. The van der Waals surface area contributed by atoms with Crippen LogP contribution in [-0.4, -0.2) is 37.0 Å². The SMILES string of the molecule is CCOC(=O)C1=C(c2ccccc2)N=c2s/c(=C/c3ccc(N4CCCCC4)cc3)c(=O)n2[C@H]1c1ccc2c(c1)OCO2. The number of rotatable bonds is 6. The van der Waals surface area contributed by atoms with Crippen molar-refractivity contribution in [1.82, 2.24) is 4.57 Å². The normalized spacial score (nSPS) is 17.9. The summed E-state index contributed by atoms with van der Waals surface area (Å²) < 4.78 is 18.9. The van der Waals surface area contributed by atoms with Gasteiger partial charge in [0.15, 0.2) is 16.3 Å². The van der Waals surface area contributed by atoms with Gasteiger partial charge >= 0.3 is 5.97 Å². The Morgan fingerprint density at radius 2 is 1.77 bits per heavy atom. The maximum Gasteiger partial charge on any atom is 0.338 e. The Labute approximate surface area is 252 Å². The molecule has 1 atom stereocenters. The average molecular weight is 594 g/mol. The first-order chi connectivity index (χ1) is 21.1. The molecule has 0 radical (unpaired) electrons. The summed E-state index contributed by atoms with van der Waals surface area (Å²) in [6, 6.07) is 22.6. The molecule has 0 bridgehead atoms. The van der Waals surface area contributed by atoms with Crippen LogP contribution in [0.2, 0.25) is 0 Å². The first kappa shape index (κ1) is 27.2. The molecule has 0 unspecified atom stereocenters. The number of benzene rings is 3. The van der Waals surface area contributed by atoms with E-state index in [4.69, 9.17) is 19.2 Å². The van der Waals surface area contributed by atoms with E-state index >= 15 is 0 Å². The molecule has 0 spiro atoms. The molecule has 3 aliphatic heterocycles. The van der Waals surface area contributed by atoms with E-state index in [0.29, 0.717) is 37.7 Å². The largest absolute Gasteiger partial charge is 0.463 e. The Hall–Kier alpha value is -4.63. The van der Waals surface area contributed by atoms with Crippen molar-refractivity contribution in [2.45, 2.75) is 32.2 Å². The minimum absolute atomic E-state index is 0.119. The fourth-order valence-corrected chi connectivity index (χ4v) is 6.92. The van der Waals surface area contributed by atoms with E-state index in [1.54, 1.807) is 11.5 Å². The zero-order valence-electron chi connectivity index (χ0n) is 23.8. The van der Waals surface area contributed by atoms with Crippen molar-refractivity contribution >= 4 is 34.8 Å². The molecule has 4 heterocycles. The molecule has 1 aromatic heterocycles. The van der Waals surface area contributed by atoms with Crippen molar-refractivity contribution in [3.8, 4) is 11.5 Å². The first-order valence-corrected chi connectivity index (χ1v) is 15.5. The Kier molecular flexibility index (Phi) is 7.32. The molecule has 218 valence electrons. The van der Waals surface area contributed by atoms with Gasteiger partial charge in [0.25, 0.3) is 5.56 Å². The number of aromatic nitrogens is 1. The van der Waals surface area contributed by atoms with Crippen LogP contribution in [0.1, 0.15) is 48.9 Å². The van der Waals surface area contributed by atoms with Gasteiger partial charge in [-0.15, -0.1) is 0 Å². The van der Waals surface area contributed by atoms with E-state index in [1.807, 2.05) is 54.6 Å². The second-order valence-electron chi connectivity index (χ2n) is 10.7. The minimum Gasteiger partial charge on any atom is -0.463 e. The zero-order valence-corrected chi connectivity index (χ0v) is 24.6. The standard InChI is InChI=1S/C34H31N3O5S/c1-2-40-33(39)29-30(23-9-5-3-6-10-23)35-34-37(31(29)24-13-16-26-27(20-24)42-21-41-26)32(38)28(43-34)19-22-11-14-25(15-12-22)36-17-7-4-8-18-36/h3,5-6,9-16,19-20,31H,2,4,7-8,17-18,21H2,1H3/b28-19+/t31-/m0/s1. The Bertz CT molecular complexity index is 1890. The number of carbonyl (C=O) groups excluding carboxylic acids is 1. The first-order valence-electron chi connectivity index (χ1n) is 14.6. The number of anilines is 1. The topological polar surface area (TPSA) is 82.4 Å². The van der Waals surface area contributed by atoms with Crippen LogP contribution in [0.15, 0.2) is 88.2 Å². The molecule has 0 aliphatic carbocycles. The van der Waals surface area contributed by atoms with E-state index in [1.165, 1.54) is 36.3 Å². The van der Waals surface area contributed by atoms with Gasteiger partial charge in [-0.3, -0.25) is 9.36 Å². The molecule has 0 saturated carbocycles. The van der Waals surface area contributed by atoms with Crippen LogP contribution in [0.3, 0.4) is 0 Å². The van der Waals surface area contributed by atoms with E-state index in [0.717, 1.165) is 24.2 Å². The molecule has 4 aromatic rings. The molecule has 7 rings (SSSR count). The summed E-state index contributed by atoms with van der Waals surface area (Å²) in [5.41, 5.74) is 4.17. The molecule has 43 heavy (non-hydrogen) atoms. The van der Waals surface area contributed by atoms with Crippen molar-refractivity contribution < 1.29 is 19.0 Å². The summed E-state index contributed by atoms with van der Waals surface area (Å²) in [4.78, 5) is 35.7. The third-order valence-corrected chi connectivity index (χ3v) is 8.98. The number of esters is 1. The van der Waals surface area contributed by atoms with Crippen LogP contribution in [0.4, 0.5) is 5.69 Å². The van der Waals surface area contributed by atoms with E-state index < -0.39 is 12.0 Å². The quantitative estimate of drug-likeness (QED) is 0.303. The highest BCUT2D eigenvalue weighted by molar-refractivity contribution is 7.07. The number of fused-ring (bicyclic) bond motifs is 2. The second-order valence-corrected chi connectivity index (χ2v) is 11.7. The van der Waals surface area contributed by atoms with E-state index in [-0.39, 0.29) is 19.0 Å². The number of hydrogen-bond donors (Lipinski definition) is 0. The molecule has 1 fully saturated rings. The second kappa shape index (κ2) is 11.6. The molecule has 8 nitrogen and oxygen atoms in total. The molecule has 0 N–H and O–H groups in total. The van der Waals surface area contributed by atoms with Gasteiger partial charge in [-0.1, -0.05) is 59.9 Å². The maximum atomic E-state index is 14.2. The molecule has 9 heteroatoms. The Balaban J connectivity index is 1.39. The highest BCUT2D eigenvalue weighted by Gasteiger charge is 2.36. The zero-order chi connectivity index (χ0) is 29.3. The highest BCUT2D eigenvalue weighted by Crippen LogP contribution is 2.40. The lowest BCUT2D eigenvalue weighted by Gasteiger charge is -2.28. The fourth-order valence-electron chi connectivity index (χ4n) is 5.92. The number of ether oxygens (including phenoxy) is 3. The van der Waals surface area contributed by atoms with Gasteiger partial charge in [-0.05, 0) is 67.7 Å². The van der Waals surface area contributed by atoms with Crippen LogP contribution < -0.4 is 29.3 Å². The van der Waals surface area contributed by atoms with Crippen LogP contribution in [0.5, 0.6) is 11.5 Å². The highest BCUT2D eigenvalue weighted by atomic mass is 32.1. The third kappa shape index (κ3) is 5.14. The summed E-state index contributed by atoms with van der Waals surface area (Å²) in [7, 11) is 0. The molecule has 0 amide bonds. The number of carbonyl (C=O) groups is 1. The van der Waals surface area contributed by atoms with Crippen molar-refractivity contribution in [1.29, 1.82) is 0 Å². The van der Waals surface area contributed by atoms with E-state index in [2.05, 4.69) is 29.2 Å². The molecular formula is C34H31N3O5S. The lowest BCUT2D eigenvalue weighted by atomic mass is 9.93. The molecule has 3 aromatic carbocycles. The van der Waals surface area contributed by atoms with Gasteiger partial charge in [-0.25, -0.2) is 9.79 Å². The van der Waals surface area contributed by atoms with Gasteiger partial charge < -0.3 is 19.1 Å². The maximum absolute atomic E-state index is 14.2. The average Bonchev–Trinajstić information content (AvgIpc) is 3.65. The lowest BCUT2D eigenvalue weighted by molar-refractivity contribution is -0.138. The van der Waals surface area contributed by atoms with Gasteiger partial charge in [0, 0.05) is 24.3 Å². The summed E-state index contributed by atoms with van der Waals surface area (Å²) in [5.74, 6) is 0.666. The minimum atomic E-state index is -0.774. The molecule has 3 aliphatic rings. The fraction of sp³-hybridized carbons (Fsp3) is 0.265. The summed E-state index contributed by atoms with van der Waals surface area (Å²) in [5, 5.41) is 0. The summed E-state index contributed by atoms with van der Waals surface area (Å²) in [6.45, 7) is 4.22. The number of nitrogens with zero attached hydrogens (tertiary/aromatic N) is 3. The van der Waals surface area contributed by atoms with Crippen molar-refractivity contribution in [3.05, 3.63) is 115 Å². The van der Waals surface area contributed by atoms with Crippen molar-refractivity contribution in [2.24, 2.45) is 4.99 Å². The Morgan fingerprint density at radius 1 is 1.00 bits per heavy atom. The summed E-state index contributed by atoms with van der Waals surface area (Å²) >= 11 is 1.31. The van der Waals surface area contributed by atoms with Crippen LogP contribution in [-0.2, 0) is 9.53 Å². The van der Waals surface area contributed by atoms with Crippen molar-refractivity contribution in [2.75, 3.05) is 31.4 Å². The lowest BCUT2D eigenvalue weighted by Crippen LogP contribution is -2.40. The summed E-state index contributed by atoms with van der Waals surface area (Å²) in [6.07, 6.45) is 5.61. The molecule has 1 saturated heterocycles. The predicted molar refractivity (Wildman–Crippen MR) is 166 cm³/mol. The third-order valence-electron chi connectivity index (χ3n) is 8.00. The van der Waals surface area contributed by atoms with Gasteiger partial charge in [0.05, 0.1) is 28.5 Å².